The molecule has 0 spiro atoms. The molecule has 334 valence electrons. The molecule has 1 saturated carbocycles. The Morgan fingerprint density at radius 1 is 0.552 bits per heavy atom. The Hall–Kier alpha value is -2.45. The van der Waals surface area contributed by atoms with Crippen molar-refractivity contribution in [2.24, 2.45) is 0 Å². The molecule has 1 rings (SSSR count). The molecule has 14 heteroatoms. The standard InChI is InChI=1S/C44H75O13P/c1-3-5-7-9-11-13-15-17-19-21-23-25-27-29-31-33-38(46)56-36(35-55-58(52,53)57-44-42(50)40(48)39(47)41(49)43(44)51)34-54-37(45)32-30-28-26-24-22-20-18-16-14-12-10-8-6-4-2/h5,7,11,13,17,19,23,25,29,31,36,39-44,47-51H,3-4,6,8-10,12,14-16,18,20-22,24,26-28,30,32-35H2,1-2H3,(H,52,53)/b7-5-,13-11-,19-17-,25-23-,31-29-. The minimum absolute atomic E-state index is 0.136. The summed E-state index contributed by atoms with van der Waals surface area (Å²) < 4.78 is 33.3. The summed E-state index contributed by atoms with van der Waals surface area (Å²) in [5, 5.41) is 50.0. The van der Waals surface area contributed by atoms with Crippen molar-refractivity contribution in [3.8, 4) is 0 Å². The lowest BCUT2D eigenvalue weighted by Gasteiger charge is -2.41. The highest BCUT2D eigenvalue weighted by atomic mass is 31.2. The molecule has 1 aliphatic carbocycles. The van der Waals surface area contributed by atoms with Crippen LogP contribution in [0.2, 0.25) is 0 Å². The molecule has 0 aromatic heterocycles. The van der Waals surface area contributed by atoms with Crippen molar-refractivity contribution in [1.82, 2.24) is 0 Å². The number of phosphoric ester groups is 1. The molecule has 0 amide bonds. The fourth-order valence-corrected chi connectivity index (χ4v) is 7.16. The van der Waals surface area contributed by atoms with Crippen molar-refractivity contribution in [3.05, 3.63) is 60.8 Å². The number of aliphatic hydroxyl groups is 5. The van der Waals surface area contributed by atoms with Crippen molar-refractivity contribution < 1.29 is 63.1 Å². The largest absolute Gasteiger partial charge is 0.472 e. The third-order valence-corrected chi connectivity index (χ3v) is 10.6. The van der Waals surface area contributed by atoms with Crippen LogP contribution in [0.4, 0.5) is 0 Å². The summed E-state index contributed by atoms with van der Waals surface area (Å²) in [5.41, 5.74) is 0. The van der Waals surface area contributed by atoms with Crippen LogP contribution in [-0.2, 0) is 32.7 Å². The summed E-state index contributed by atoms with van der Waals surface area (Å²) in [6, 6.07) is 0. The Balaban J connectivity index is 2.56. The minimum atomic E-state index is -5.14. The van der Waals surface area contributed by atoms with Crippen molar-refractivity contribution >= 4 is 19.8 Å². The van der Waals surface area contributed by atoms with Crippen LogP contribution in [0.15, 0.2) is 60.8 Å². The summed E-state index contributed by atoms with van der Waals surface area (Å²) in [7, 11) is -5.14. The molecule has 0 saturated heterocycles. The smallest absolute Gasteiger partial charge is 0.462 e. The number of ether oxygens (including phenoxy) is 2. The SMILES string of the molecule is CC/C=C\C/C=C\C/C=C\C/C=C\C/C=C\CC(=O)OC(COC(=O)CCCCCCCCCCCCCCCC)COP(=O)(O)OC1C(O)C(O)C(O)C(O)C1O. The molecule has 6 unspecified atom stereocenters. The van der Waals surface area contributed by atoms with E-state index in [1.165, 1.54) is 64.2 Å². The van der Waals surface area contributed by atoms with E-state index in [0.717, 1.165) is 44.9 Å². The number of unbranched alkanes of at least 4 members (excludes halogenated alkanes) is 13. The van der Waals surface area contributed by atoms with Gasteiger partial charge < -0.3 is 39.9 Å². The van der Waals surface area contributed by atoms with Gasteiger partial charge in [0.15, 0.2) is 6.10 Å². The van der Waals surface area contributed by atoms with Crippen LogP contribution in [0.5, 0.6) is 0 Å². The van der Waals surface area contributed by atoms with Gasteiger partial charge in [0, 0.05) is 6.42 Å². The molecule has 58 heavy (non-hydrogen) atoms. The molecule has 1 fully saturated rings. The van der Waals surface area contributed by atoms with Crippen LogP contribution in [0.25, 0.3) is 0 Å². The fraction of sp³-hybridized carbons (Fsp3) is 0.727. The maximum Gasteiger partial charge on any atom is 0.472 e. The lowest BCUT2D eigenvalue weighted by molar-refractivity contribution is -0.220. The van der Waals surface area contributed by atoms with Crippen LogP contribution >= 0.6 is 7.82 Å². The van der Waals surface area contributed by atoms with Crippen molar-refractivity contribution in [1.29, 1.82) is 0 Å². The molecule has 13 nitrogen and oxygen atoms in total. The normalized spacial score (nSPS) is 23.1. The first-order valence-electron chi connectivity index (χ1n) is 21.6. The Labute approximate surface area is 347 Å². The maximum atomic E-state index is 12.8. The van der Waals surface area contributed by atoms with Crippen LogP contribution in [0, 0.1) is 0 Å². The van der Waals surface area contributed by atoms with E-state index in [1.54, 1.807) is 12.2 Å². The Bertz CT molecular complexity index is 1250. The van der Waals surface area contributed by atoms with Gasteiger partial charge in [0.25, 0.3) is 0 Å². The van der Waals surface area contributed by atoms with E-state index in [4.69, 9.17) is 18.5 Å². The number of rotatable bonds is 34. The number of carbonyl (C=O) groups excluding carboxylic acids is 2. The Morgan fingerprint density at radius 3 is 1.43 bits per heavy atom. The molecule has 0 heterocycles. The predicted molar refractivity (Wildman–Crippen MR) is 226 cm³/mol. The summed E-state index contributed by atoms with van der Waals surface area (Å²) in [6.45, 7) is 3.08. The minimum Gasteiger partial charge on any atom is -0.462 e. The molecule has 0 radical (unpaired) electrons. The summed E-state index contributed by atoms with van der Waals surface area (Å²) >= 11 is 0. The highest BCUT2D eigenvalue weighted by Gasteiger charge is 2.51. The third-order valence-electron chi connectivity index (χ3n) is 9.66. The molecule has 1 aliphatic rings. The van der Waals surface area contributed by atoms with E-state index < -0.39 is 75.7 Å². The first-order valence-corrected chi connectivity index (χ1v) is 23.1. The van der Waals surface area contributed by atoms with Crippen LogP contribution < -0.4 is 0 Å². The van der Waals surface area contributed by atoms with Gasteiger partial charge >= 0.3 is 19.8 Å². The van der Waals surface area contributed by atoms with E-state index in [1.807, 2.05) is 12.2 Å². The number of allylic oxidation sites excluding steroid dienone is 9. The Morgan fingerprint density at radius 2 is 0.966 bits per heavy atom. The second-order valence-corrected chi connectivity index (χ2v) is 16.2. The van der Waals surface area contributed by atoms with Gasteiger partial charge in [-0.25, -0.2) is 4.57 Å². The van der Waals surface area contributed by atoms with Crippen LogP contribution in [-0.4, -0.2) is 98.3 Å². The van der Waals surface area contributed by atoms with E-state index in [0.29, 0.717) is 12.8 Å². The van der Waals surface area contributed by atoms with Gasteiger partial charge in [0.2, 0.25) is 0 Å². The molecule has 0 aliphatic heterocycles. The van der Waals surface area contributed by atoms with Crippen molar-refractivity contribution in [3.63, 3.8) is 0 Å². The number of phosphoric acid groups is 1. The molecule has 6 atom stereocenters. The zero-order valence-electron chi connectivity index (χ0n) is 35.1. The van der Waals surface area contributed by atoms with Gasteiger partial charge in [-0.2, -0.15) is 0 Å². The second-order valence-electron chi connectivity index (χ2n) is 14.8. The monoisotopic (exact) mass is 842 g/mol. The fourth-order valence-electron chi connectivity index (χ4n) is 6.19. The third kappa shape index (κ3) is 26.6. The van der Waals surface area contributed by atoms with Crippen molar-refractivity contribution in [2.45, 2.75) is 191 Å². The number of aliphatic hydroxyl groups excluding tert-OH is 5. The average Bonchev–Trinajstić information content (AvgIpc) is 3.20. The topological polar surface area (TPSA) is 210 Å². The highest BCUT2D eigenvalue weighted by molar-refractivity contribution is 7.47. The lowest BCUT2D eigenvalue weighted by atomic mass is 9.85. The first-order chi connectivity index (χ1) is 27.9. The molecule has 0 aromatic rings. The highest BCUT2D eigenvalue weighted by Crippen LogP contribution is 2.47. The van der Waals surface area contributed by atoms with E-state index >= 15 is 0 Å². The van der Waals surface area contributed by atoms with E-state index in [9.17, 15) is 44.6 Å². The van der Waals surface area contributed by atoms with E-state index in [2.05, 4.69) is 50.3 Å². The zero-order valence-corrected chi connectivity index (χ0v) is 36.0. The van der Waals surface area contributed by atoms with Gasteiger partial charge in [-0.15, -0.1) is 0 Å². The lowest BCUT2D eigenvalue weighted by Crippen LogP contribution is -2.64. The van der Waals surface area contributed by atoms with Gasteiger partial charge in [0.05, 0.1) is 13.0 Å². The number of hydrogen-bond acceptors (Lipinski definition) is 12. The summed E-state index contributed by atoms with van der Waals surface area (Å²) in [4.78, 5) is 35.5. The second kappa shape index (κ2) is 34.3. The zero-order chi connectivity index (χ0) is 42.9. The number of carbonyl (C=O) groups is 2. The van der Waals surface area contributed by atoms with Gasteiger partial charge in [-0.05, 0) is 38.5 Å². The molecular formula is C44H75O13P. The molecule has 6 N–H and O–H groups in total. The number of esters is 2. The predicted octanol–water partition coefficient (Wildman–Crippen LogP) is 7.77. The van der Waals surface area contributed by atoms with Gasteiger partial charge in [0.1, 0.15) is 43.2 Å². The summed E-state index contributed by atoms with van der Waals surface area (Å²) in [5.74, 6) is -1.25. The van der Waals surface area contributed by atoms with Crippen LogP contribution in [0.1, 0.15) is 149 Å². The average molecular weight is 843 g/mol. The van der Waals surface area contributed by atoms with Gasteiger partial charge in [-0.1, -0.05) is 158 Å². The van der Waals surface area contributed by atoms with Crippen LogP contribution in [0.3, 0.4) is 0 Å². The summed E-state index contributed by atoms with van der Waals surface area (Å²) in [6.07, 6.45) is 27.4. The quantitative estimate of drug-likeness (QED) is 0.0159. The maximum absolute atomic E-state index is 12.8. The van der Waals surface area contributed by atoms with E-state index in [-0.39, 0.29) is 12.8 Å². The molecule has 0 bridgehead atoms. The van der Waals surface area contributed by atoms with Crippen molar-refractivity contribution in [2.75, 3.05) is 13.2 Å². The molecular weight excluding hydrogens is 767 g/mol. The number of hydrogen-bond donors (Lipinski definition) is 6. The first kappa shape index (κ1) is 53.6. The van der Waals surface area contributed by atoms with Gasteiger partial charge in [-0.3, -0.25) is 18.6 Å². The molecule has 0 aromatic carbocycles. The Kier molecular flexibility index (Phi) is 31.7.